The van der Waals surface area contributed by atoms with Gasteiger partial charge in [-0.2, -0.15) is 15.2 Å². The quantitative estimate of drug-likeness (QED) is 0.281. The van der Waals surface area contributed by atoms with Crippen LogP contribution in [-0.4, -0.2) is 89.2 Å². The number of benzene rings is 2. The van der Waals surface area contributed by atoms with E-state index in [4.69, 9.17) is 40.3 Å². The van der Waals surface area contributed by atoms with Crippen molar-refractivity contribution in [1.29, 1.82) is 5.26 Å². The molecular formula is C34H37ClN6O4. The Morgan fingerprint density at radius 1 is 1.24 bits per heavy atom. The van der Waals surface area contributed by atoms with Gasteiger partial charge < -0.3 is 24.5 Å². The molecule has 0 radical (unpaired) electrons. The average molecular weight is 632 g/mol. The predicted octanol–water partition coefficient (Wildman–Crippen LogP) is 5.06. The summed E-state index contributed by atoms with van der Waals surface area (Å²) in [7, 11) is 2.10. The highest BCUT2D eigenvalue weighted by Crippen LogP contribution is 2.39. The summed E-state index contributed by atoms with van der Waals surface area (Å²) >= 11 is 6.69. The zero-order valence-electron chi connectivity index (χ0n) is 28.1. The summed E-state index contributed by atoms with van der Waals surface area (Å²) in [6.45, 7) is 1.39. The van der Waals surface area contributed by atoms with Crippen LogP contribution in [-0.2, 0) is 16.0 Å². The van der Waals surface area contributed by atoms with Crippen molar-refractivity contribution in [2.45, 2.75) is 44.2 Å². The Balaban J connectivity index is 0.00000145. The number of allylic oxidation sites excluding steroid dienone is 1. The van der Waals surface area contributed by atoms with Crippen molar-refractivity contribution < 1.29 is 23.5 Å². The highest BCUT2D eigenvalue weighted by molar-refractivity contribution is 6.36. The molecule has 11 heteroatoms. The fraction of sp³-hybridized carbons (Fsp3) is 0.382. The molecule has 234 valence electrons. The van der Waals surface area contributed by atoms with Gasteiger partial charge in [0.1, 0.15) is 12.4 Å². The maximum Gasteiger partial charge on any atom is 0.318 e. The number of nitrogens with zero attached hydrogens (tertiary/aromatic N) is 6. The summed E-state index contributed by atoms with van der Waals surface area (Å²) in [5.74, 6) is 0.0185. The van der Waals surface area contributed by atoms with Crippen molar-refractivity contribution in [3.63, 3.8) is 0 Å². The van der Waals surface area contributed by atoms with E-state index in [1.54, 1.807) is 0 Å². The number of halogens is 1. The molecule has 2 fully saturated rings. The van der Waals surface area contributed by atoms with Crippen LogP contribution in [0.3, 0.4) is 0 Å². The van der Waals surface area contributed by atoms with Crippen LogP contribution in [0.25, 0.3) is 22.4 Å². The lowest BCUT2D eigenvalue weighted by molar-refractivity contribution is -0.128. The first-order chi connectivity index (χ1) is 23.2. The molecule has 0 unspecified atom stereocenters. The number of hydrogen-bond acceptors (Lipinski definition) is 8. The Morgan fingerprint density at radius 2 is 2.04 bits per heavy atom. The summed E-state index contributed by atoms with van der Waals surface area (Å²) in [6.07, 6.45) is 5.77. The zero-order valence-corrected chi connectivity index (χ0v) is 25.8. The zero-order chi connectivity index (χ0) is 34.4. The van der Waals surface area contributed by atoms with Crippen LogP contribution >= 0.6 is 11.6 Å². The number of carbonyl (C=O) groups is 2. The number of fused-ring (bicyclic) bond motifs is 2. The van der Waals surface area contributed by atoms with Gasteiger partial charge in [-0.05, 0) is 74.0 Å². The van der Waals surface area contributed by atoms with E-state index in [0.29, 0.717) is 31.1 Å². The molecule has 0 saturated carbocycles. The second kappa shape index (κ2) is 14.5. The number of likely N-dealkylation sites (tertiary alicyclic amines) is 1. The monoisotopic (exact) mass is 631 g/mol. The second-order valence-electron chi connectivity index (χ2n) is 11.3. The Hall–Kier alpha value is -4.46. The van der Waals surface area contributed by atoms with Gasteiger partial charge in [0.15, 0.2) is 0 Å². The van der Waals surface area contributed by atoms with E-state index in [1.807, 2.05) is 18.2 Å². The van der Waals surface area contributed by atoms with Gasteiger partial charge >= 0.3 is 6.01 Å². The molecule has 6 rings (SSSR count). The van der Waals surface area contributed by atoms with Crippen molar-refractivity contribution in [1.82, 2.24) is 19.8 Å². The molecule has 2 atom stereocenters. The van der Waals surface area contributed by atoms with E-state index in [9.17, 15) is 10.1 Å². The predicted molar refractivity (Wildman–Crippen MR) is 175 cm³/mol. The van der Waals surface area contributed by atoms with Crippen LogP contribution in [0, 0.1) is 11.3 Å². The second-order valence-corrected chi connectivity index (χ2v) is 11.7. The van der Waals surface area contributed by atoms with Gasteiger partial charge in [-0.15, -0.1) is 0 Å². The van der Waals surface area contributed by atoms with Gasteiger partial charge in [0.05, 0.1) is 28.3 Å². The number of nitriles is 1. The molecule has 1 aromatic heterocycles. The first kappa shape index (κ1) is 28.0. The third-order valence-corrected chi connectivity index (χ3v) is 9.02. The summed E-state index contributed by atoms with van der Waals surface area (Å²) in [4.78, 5) is 36.9. The number of hydrogen-bond donors (Lipinski definition) is 1. The molecular weight excluding hydrogens is 592 g/mol. The van der Waals surface area contributed by atoms with Gasteiger partial charge in [0.25, 0.3) is 6.47 Å². The Kier molecular flexibility index (Phi) is 9.07. The Bertz CT molecular complexity index is 1790. The van der Waals surface area contributed by atoms with E-state index >= 15 is 0 Å². The topological polar surface area (TPSA) is 123 Å². The van der Waals surface area contributed by atoms with Crippen LogP contribution in [0.5, 0.6) is 6.01 Å². The number of aromatic nitrogens is 2. The van der Waals surface area contributed by atoms with Crippen LogP contribution < -0.4 is 9.64 Å². The largest absolute Gasteiger partial charge is 0.483 e. The molecule has 3 aromatic rings. The average Bonchev–Trinajstić information content (AvgIpc) is 3.50. The summed E-state index contributed by atoms with van der Waals surface area (Å²) in [6, 6.07) is 13.7. The van der Waals surface area contributed by atoms with Gasteiger partial charge in [0, 0.05) is 41.6 Å². The molecule has 1 amide bonds. The lowest BCUT2D eigenvalue weighted by Crippen LogP contribution is -2.55. The van der Waals surface area contributed by atoms with Gasteiger partial charge in [-0.25, -0.2) is 0 Å². The molecule has 0 bridgehead atoms. The van der Waals surface area contributed by atoms with Crippen LogP contribution in [0.4, 0.5) is 5.82 Å². The van der Waals surface area contributed by atoms with Crippen molar-refractivity contribution in [2.75, 3.05) is 44.7 Å². The smallest absolute Gasteiger partial charge is 0.318 e. The van der Waals surface area contributed by atoms with Crippen LogP contribution in [0.1, 0.15) is 46.6 Å². The van der Waals surface area contributed by atoms with Crippen LogP contribution in [0.15, 0.2) is 49.0 Å². The first-order valence-electron chi connectivity index (χ1n) is 16.4. The molecule has 2 aromatic carbocycles. The number of carbonyl (C=O) groups excluding carboxylic acids is 1. The number of carboxylic acid groups (broad SMARTS) is 1. The molecule has 2 aliphatic heterocycles. The lowest BCUT2D eigenvalue weighted by atomic mass is 9.88. The molecule has 10 nitrogen and oxygen atoms in total. The molecule has 1 N–H and O–H groups in total. The first-order valence-corrected chi connectivity index (χ1v) is 15.3. The Morgan fingerprint density at radius 3 is 2.78 bits per heavy atom. The minimum Gasteiger partial charge on any atom is -0.483 e. The lowest BCUT2D eigenvalue weighted by Gasteiger charge is -2.41. The molecule has 3 heterocycles. The number of piperazine rings is 1. The summed E-state index contributed by atoms with van der Waals surface area (Å²) < 4.78 is 29.0. The molecule has 1 aliphatic carbocycles. The molecule has 2 saturated heterocycles. The van der Waals surface area contributed by atoms with Crippen LogP contribution in [0.2, 0.25) is 5.02 Å². The maximum absolute atomic E-state index is 12.9. The molecule has 45 heavy (non-hydrogen) atoms. The van der Waals surface area contributed by atoms with E-state index in [0.717, 1.165) is 64.8 Å². The van der Waals surface area contributed by atoms with Gasteiger partial charge in [-0.1, -0.05) is 48.5 Å². The minimum atomic E-state index is -0.840. The highest BCUT2D eigenvalue weighted by atomic mass is 35.5. The third kappa shape index (κ3) is 6.95. The molecule has 0 spiro atoms. The normalized spacial score (nSPS) is 20.4. The van der Waals surface area contributed by atoms with Crippen molar-refractivity contribution in [3.8, 4) is 12.1 Å². The summed E-state index contributed by atoms with van der Waals surface area (Å²) in [5, 5.41) is 19.3. The van der Waals surface area contributed by atoms with E-state index in [2.05, 4.69) is 47.2 Å². The summed E-state index contributed by atoms with van der Waals surface area (Å²) in [5.41, 5.74) is 3.95. The highest BCUT2D eigenvalue weighted by Gasteiger charge is 2.33. The number of ether oxygens (including phenoxy) is 1. The number of likely N-dealkylation sites (N-methyl/N-ethyl adjacent to an activating group) is 1. The van der Waals surface area contributed by atoms with Crippen molar-refractivity contribution in [3.05, 3.63) is 70.8 Å². The van der Waals surface area contributed by atoms with E-state index in [-0.39, 0.29) is 31.5 Å². The standard InChI is InChI=1S/C33H35ClN6O2.CH2O2/c1-3-30(41)40-18-17-39(20-24(40)14-15-35)32-27-13-12-23(26-10-4-7-22-8-5-11-28(34)31(22)26)19-29(27)36-33(37-32)42-21-25-9-6-16-38(25)2;2-1-3/h3-5,7-8,10-11,19,24-25H,1,6,9,12-14,16-18,20-21H2,2H3;1H,(H,2,3)/t24-,25-;/m0./s1/i1D2,3D;. The van der Waals surface area contributed by atoms with Gasteiger partial charge in [0.2, 0.25) is 5.91 Å². The van der Waals surface area contributed by atoms with Crippen molar-refractivity contribution >= 4 is 52.2 Å². The number of rotatable bonds is 7. The van der Waals surface area contributed by atoms with E-state index < -0.39 is 24.5 Å². The minimum absolute atomic E-state index is 0.0530. The third-order valence-electron chi connectivity index (χ3n) is 8.71. The number of anilines is 1. The molecule has 3 aliphatic rings. The Labute approximate surface area is 272 Å². The SMILES string of the molecule is O=CO.[2H]C([2H])=C([2H])C(=O)N1CCN(c2nc(OC[C@@H]3CCCN3C)nc3c2CCC(c2cccc4cccc(Cl)c24)=C3)C[C@@H]1CC#N. The fourth-order valence-corrected chi connectivity index (χ4v) is 6.74. The van der Waals surface area contributed by atoms with E-state index in [1.165, 1.54) is 4.90 Å². The van der Waals surface area contributed by atoms with Crippen molar-refractivity contribution in [2.24, 2.45) is 0 Å². The number of amides is 1. The van der Waals surface area contributed by atoms with Gasteiger partial charge in [-0.3, -0.25) is 9.59 Å². The fourth-order valence-electron chi connectivity index (χ4n) is 6.45. The maximum atomic E-state index is 12.9.